The Labute approximate surface area is 102 Å². The molecule has 0 unspecified atom stereocenters. The van der Waals surface area contributed by atoms with E-state index < -0.39 is 0 Å². The van der Waals surface area contributed by atoms with Crippen LogP contribution in [0.1, 0.15) is 27.2 Å². The SMILES string of the molecule is CCOc1cc(NCC(C)(C)CCO)ncn1. The van der Waals surface area contributed by atoms with Gasteiger partial charge in [0.1, 0.15) is 12.1 Å². The Kier molecular flexibility index (Phi) is 5.15. The van der Waals surface area contributed by atoms with Gasteiger partial charge in [-0.2, -0.15) is 0 Å². The fourth-order valence-corrected chi connectivity index (χ4v) is 1.38. The molecule has 1 aromatic rings. The molecular weight excluding hydrogens is 218 g/mol. The Bertz CT molecular complexity index is 342. The summed E-state index contributed by atoms with van der Waals surface area (Å²) in [4.78, 5) is 8.12. The molecule has 0 saturated carbocycles. The van der Waals surface area contributed by atoms with Crippen molar-refractivity contribution < 1.29 is 9.84 Å². The molecule has 0 aliphatic carbocycles. The summed E-state index contributed by atoms with van der Waals surface area (Å²) in [6.07, 6.45) is 2.23. The molecule has 0 fully saturated rings. The predicted molar refractivity (Wildman–Crippen MR) is 67.2 cm³/mol. The molecule has 2 N–H and O–H groups in total. The maximum absolute atomic E-state index is 8.94. The molecule has 0 aliphatic heterocycles. The van der Waals surface area contributed by atoms with E-state index in [9.17, 15) is 0 Å². The van der Waals surface area contributed by atoms with Crippen LogP contribution in [-0.4, -0.2) is 34.8 Å². The van der Waals surface area contributed by atoms with E-state index in [2.05, 4.69) is 29.1 Å². The Hall–Kier alpha value is -1.36. The van der Waals surface area contributed by atoms with Gasteiger partial charge in [0.2, 0.25) is 5.88 Å². The Morgan fingerprint density at radius 3 is 2.82 bits per heavy atom. The number of nitrogens with one attached hydrogen (secondary N) is 1. The lowest BCUT2D eigenvalue weighted by molar-refractivity contribution is 0.220. The summed E-state index contributed by atoms with van der Waals surface area (Å²) in [6, 6.07) is 1.78. The topological polar surface area (TPSA) is 67.3 Å². The van der Waals surface area contributed by atoms with Crippen LogP contribution in [0.25, 0.3) is 0 Å². The summed E-state index contributed by atoms with van der Waals surface area (Å²) in [7, 11) is 0. The van der Waals surface area contributed by atoms with Crippen molar-refractivity contribution in [3.63, 3.8) is 0 Å². The fourth-order valence-electron chi connectivity index (χ4n) is 1.38. The van der Waals surface area contributed by atoms with Crippen molar-refractivity contribution in [2.75, 3.05) is 25.1 Å². The monoisotopic (exact) mass is 239 g/mol. The van der Waals surface area contributed by atoms with Crippen molar-refractivity contribution in [2.24, 2.45) is 5.41 Å². The van der Waals surface area contributed by atoms with Crippen molar-refractivity contribution in [2.45, 2.75) is 27.2 Å². The van der Waals surface area contributed by atoms with E-state index in [1.54, 1.807) is 6.07 Å². The summed E-state index contributed by atoms with van der Waals surface area (Å²) in [6.45, 7) is 7.65. The van der Waals surface area contributed by atoms with Crippen molar-refractivity contribution in [3.05, 3.63) is 12.4 Å². The number of ether oxygens (including phenoxy) is 1. The third kappa shape index (κ3) is 4.99. The summed E-state index contributed by atoms with van der Waals surface area (Å²) in [5.74, 6) is 1.32. The molecular formula is C12H21N3O2. The number of anilines is 1. The minimum Gasteiger partial charge on any atom is -0.478 e. The van der Waals surface area contributed by atoms with Crippen LogP contribution in [0.15, 0.2) is 12.4 Å². The molecule has 0 aliphatic rings. The molecule has 0 radical (unpaired) electrons. The maximum atomic E-state index is 8.94. The van der Waals surface area contributed by atoms with Crippen LogP contribution in [0.2, 0.25) is 0 Å². The van der Waals surface area contributed by atoms with E-state index >= 15 is 0 Å². The average Bonchev–Trinajstić information content (AvgIpc) is 2.28. The van der Waals surface area contributed by atoms with E-state index in [4.69, 9.17) is 9.84 Å². The standard InChI is InChI=1S/C12H21N3O2/c1-4-17-11-7-10(14-9-15-11)13-8-12(2,3)5-6-16/h7,9,16H,4-6,8H2,1-3H3,(H,13,14,15). The van der Waals surface area contributed by atoms with Crippen molar-refractivity contribution >= 4 is 5.82 Å². The molecule has 5 nitrogen and oxygen atoms in total. The van der Waals surface area contributed by atoms with Gasteiger partial charge in [0, 0.05) is 19.2 Å². The number of nitrogens with zero attached hydrogens (tertiary/aromatic N) is 2. The first kappa shape index (κ1) is 13.7. The van der Waals surface area contributed by atoms with Gasteiger partial charge in [-0.15, -0.1) is 0 Å². The van der Waals surface area contributed by atoms with E-state index in [-0.39, 0.29) is 12.0 Å². The van der Waals surface area contributed by atoms with Gasteiger partial charge in [-0.25, -0.2) is 9.97 Å². The smallest absolute Gasteiger partial charge is 0.218 e. The lowest BCUT2D eigenvalue weighted by Gasteiger charge is -2.24. The van der Waals surface area contributed by atoms with E-state index in [1.807, 2.05) is 6.92 Å². The van der Waals surface area contributed by atoms with Gasteiger partial charge in [-0.05, 0) is 18.8 Å². The highest BCUT2D eigenvalue weighted by molar-refractivity contribution is 5.37. The Balaban J connectivity index is 2.53. The maximum Gasteiger partial charge on any atom is 0.218 e. The van der Waals surface area contributed by atoms with Gasteiger partial charge in [-0.3, -0.25) is 0 Å². The zero-order valence-corrected chi connectivity index (χ0v) is 10.7. The van der Waals surface area contributed by atoms with Crippen LogP contribution in [0.3, 0.4) is 0 Å². The highest BCUT2D eigenvalue weighted by Gasteiger charge is 2.16. The zero-order chi connectivity index (χ0) is 12.7. The third-order valence-corrected chi connectivity index (χ3v) is 2.47. The summed E-state index contributed by atoms with van der Waals surface area (Å²) in [5.41, 5.74) is 0.0332. The molecule has 1 rings (SSSR count). The molecule has 0 atom stereocenters. The van der Waals surface area contributed by atoms with Crippen molar-refractivity contribution in [1.29, 1.82) is 0 Å². The van der Waals surface area contributed by atoms with Gasteiger partial charge < -0.3 is 15.2 Å². The molecule has 0 bridgehead atoms. The lowest BCUT2D eigenvalue weighted by atomic mass is 9.90. The van der Waals surface area contributed by atoms with Gasteiger partial charge in [0.05, 0.1) is 6.61 Å². The molecule has 17 heavy (non-hydrogen) atoms. The quantitative estimate of drug-likeness (QED) is 0.758. The minimum absolute atomic E-state index is 0.0332. The predicted octanol–water partition coefficient (Wildman–Crippen LogP) is 1.70. The Morgan fingerprint density at radius 2 is 2.18 bits per heavy atom. The summed E-state index contributed by atoms with van der Waals surface area (Å²) in [5, 5.41) is 12.2. The molecule has 1 aromatic heterocycles. The van der Waals surface area contributed by atoms with Crippen molar-refractivity contribution in [3.8, 4) is 5.88 Å². The zero-order valence-electron chi connectivity index (χ0n) is 10.7. The van der Waals surface area contributed by atoms with Crippen molar-refractivity contribution in [1.82, 2.24) is 9.97 Å². The second kappa shape index (κ2) is 6.39. The number of rotatable bonds is 7. The second-order valence-electron chi connectivity index (χ2n) is 4.67. The normalized spacial score (nSPS) is 11.3. The third-order valence-electron chi connectivity index (χ3n) is 2.47. The van der Waals surface area contributed by atoms with E-state index in [1.165, 1.54) is 6.33 Å². The second-order valence-corrected chi connectivity index (χ2v) is 4.67. The van der Waals surface area contributed by atoms with Crippen LogP contribution in [0.5, 0.6) is 5.88 Å². The van der Waals surface area contributed by atoms with E-state index in [0.29, 0.717) is 12.5 Å². The fraction of sp³-hybridized carbons (Fsp3) is 0.667. The van der Waals surface area contributed by atoms with Crippen LogP contribution in [-0.2, 0) is 0 Å². The molecule has 96 valence electrons. The highest BCUT2D eigenvalue weighted by atomic mass is 16.5. The van der Waals surface area contributed by atoms with Gasteiger partial charge in [0.25, 0.3) is 0 Å². The number of aromatic nitrogens is 2. The highest BCUT2D eigenvalue weighted by Crippen LogP contribution is 2.20. The minimum atomic E-state index is 0.0332. The number of hydrogen-bond acceptors (Lipinski definition) is 5. The van der Waals surface area contributed by atoms with Gasteiger partial charge in [0.15, 0.2) is 0 Å². The van der Waals surface area contributed by atoms with Crippen LogP contribution in [0.4, 0.5) is 5.82 Å². The first-order valence-corrected chi connectivity index (χ1v) is 5.87. The molecule has 0 saturated heterocycles. The number of hydrogen-bond donors (Lipinski definition) is 2. The molecule has 0 amide bonds. The summed E-state index contributed by atoms with van der Waals surface area (Å²) >= 11 is 0. The molecule has 0 aromatic carbocycles. The Morgan fingerprint density at radius 1 is 1.41 bits per heavy atom. The molecule has 5 heteroatoms. The molecule has 0 spiro atoms. The van der Waals surface area contributed by atoms with Crippen LogP contribution < -0.4 is 10.1 Å². The molecule has 1 heterocycles. The average molecular weight is 239 g/mol. The van der Waals surface area contributed by atoms with E-state index in [0.717, 1.165) is 18.8 Å². The first-order valence-electron chi connectivity index (χ1n) is 5.87. The van der Waals surface area contributed by atoms with Crippen LogP contribution >= 0.6 is 0 Å². The first-order chi connectivity index (χ1) is 8.07. The number of aliphatic hydroxyl groups is 1. The largest absolute Gasteiger partial charge is 0.478 e. The van der Waals surface area contributed by atoms with Gasteiger partial charge in [-0.1, -0.05) is 13.8 Å². The van der Waals surface area contributed by atoms with Crippen LogP contribution in [0, 0.1) is 5.41 Å². The van der Waals surface area contributed by atoms with Gasteiger partial charge >= 0.3 is 0 Å². The number of aliphatic hydroxyl groups excluding tert-OH is 1. The lowest BCUT2D eigenvalue weighted by Crippen LogP contribution is -2.24. The summed E-state index contributed by atoms with van der Waals surface area (Å²) < 4.78 is 5.29.